The van der Waals surface area contributed by atoms with Gasteiger partial charge in [0.2, 0.25) is 0 Å². The van der Waals surface area contributed by atoms with Crippen LogP contribution in [0.2, 0.25) is 0 Å². The lowest BCUT2D eigenvalue weighted by Crippen LogP contribution is -2.03. The van der Waals surface area contributed by atoms with Crippen molar-refractivity contribution in [3.05, 3.63) is 12.4 Å². The zero-order chi connectivity index (χ0) is 6.24. The molecule has 0 aromatic rings. The highest BCUT2D eigenvalue weighted by atomic mass is 32.1. The SMILES string of the molecule is S=CNC=CNC=S. The first-order valence-corrected chi connectivity index (χ1v) is 2.90. The van der Waals surface area contributed by atoms with Crippen molar-refractivity contribution >= 4 is 35.4 Å². The maximum Gasteiger partial charge on any atom is 0.0654 e. The van der Waals surface area contributed by atoms with Gasteiger partial charge in [0.25, 0.3) is 0 Å². The average Bonchev–Trinajstić information content (AvgIpc) is 1.81. The fourth-order valence-electron chi connectivity index (χ4n) is 0.175. The van der Waals surface area contributed by atoms with E-state index < -0.39 is 0 Å². The van der Waals surface area contributed by atoms with Gasteiger partial charge in [-0.15, -0.1) is 0 Å². The van der Waals surface area contributed by atoms with Crippen LogP contribution in [0.5, 0.6) is 0 Å². The summed E-state index contributed by atoms with van der Waals surface area (Å²) in [4.78, 5) is 0. The third-order valence-corrected chi connectivity index (χ3v) is 0.684. The molecule has 0 atom stereocenters. The quantitative estimate of drug-likeness (QED) is 0.566. The molecular weight excluding hydrogens is 140 g/mol. The van der Waals surface area contributed by atoms with Crippen molar-refractivity contribution in [1.29, 1.82) is 0 Å². The molecule has 0 saturated carbocycles. The monoisotopic (exact) mass is 146 g/mol. The maximum atomic E-state index is 4.45. The second kappa shape index (κ2) is 6.52. The van der Waals surface area contributed by atoms with Gasteiger partial charge in [-0.3, -0.25) is 0 Å². The minimum absolute atomic E-state index is 1.40. The highest BCUT2D eigenvalue weighted by Crippen LogP contribution is 1.55. The third-order valence-electron chi connectivity index (χ3n) is 0.412. The fraction of sp³-hybridized carbons (Fsp3) is 0. The minimum Gasteiger partial charge on any atom is -0.357 e. The smallest absolute Gasteiger partial charge is 0.0654 e. The van der Waals surface area contributed by atoms with E-state index in [0.717, 1.165) is 0 Å². The second-order valence-corrected chi connectivity index (χ2v) is 1.37. The zero-order valence-corrected chi connectivity index (χ0v) is 5.76. The van der Waals surface area contributed by atoms with Gasteiger partial charge in [0, 0.05) is 12.4 Å². The summed E-state index contributed by atoms with van der Waals surface area (Å²) in [6.07, 6.45) is 3.30. The first-order chi connectivity index (χ1) is 3.91. The Morgan fingerprint density at radius 1 is 0.875 bits per heavy atom. The highest BCUT2D eigenvalue weighted by Gasteiger charge is 1.60. The lowest BCUT2D eigenvalue weighted by molar-refractivity contribution is 1.26. The molecule has 0 saturated heterocycles. The van der Waals surface area contributed by atoms with Crippen LogP contribution in [0.1, 0.15) is 0 Å². The molecule has 0 bridgehead atoms. The van der Waals surface area contributed by atoms with E-state index in [0.29, 0.717) is 0 Å². The minimum atomic E-state index is 1.40. The Kier molecular flexibility index (Phi) is 6.13. The van der Waals surface area contributed by atoms with Gasteiger partial charge in [-0.05, 0) is 0 Å². The van der Waals surface area contributed by atoms with E-state index in [1.165, 1.54) is 11.0 Å². The Hall–Kier alpha value is -0.480. The first kappa shape index (κ1) is 7.52. The van der Waals surface area contributed by atoms with E-state index in [4.69, 9.17) is 0 Å². The highest BCUT2D eigenvalue weighted by molar-refractivity contribution is 7.79. The number of hydrogen-bond acceptors (Lipinski definition) is 2. The average molecular weight is 146 g/mol. The molecule has 0 aromatic carbocycles. The molecule has 0 aromatic heterocycles. The van der Waals surface area contributed by atoms with Gasteiger partial charge in [0.05, 0.1) is 11.0 Å². The van der Waals surface area contributed by atoms with Gasteiger partial charge in [0.15, 0.2) is 0 Å². The van der Waals surface area contributed by atoms with Crippen LogP contribution in [0.4, 0.5) is 0 Å². The summed E-state index contributed by atoms with van der Waals surface area (Å²) in [7, 11) is 0. The van der Waals surface area contributed by atoms with Gasteiger partial charge < -0.3 is 10.6 Å². The van der Waals surface area contributed by atoms with E-state index in [9.17, 15) is 0 Å². The Bertz CT molecular complexity index is 88.2. The van der Waals surface area contributed by atoms with Crippen molar-refractivity contribution in [3.8, 4) is 0 Å². The van der Waals surface area contributed by atoms with Crippen LogP contribution in [-0.2, 0) is 0 Å². The van der Waals surface area contributed by atoms with Crippen LogP contribution < -0.4 is 10.6 Å². The van der Waals surface area contributed by atoms with Crippen molar-refractivity contribution in [1.82, 2.24) is 10.6 Å². The van der Waals surface area contributed by atoms with Crippen molar-refractivity contribution in [2.45, 2.75) is 0 Å². The molecule has 0 aliphatic rings. The molecule has 0 amide bonds. The van der Waals surface area contributed by atoms with Crippen molar-refractivity contribution < 1.29 is 0 Å². The van der Waals surface area contributed by atoms with Crippen molar-refractivity contribution in [3.63, 3.8) is 0 Å². The number of hydrogen-bond donors (Lipinski definition) is 2. The molecule has 8 heavy (non-hydrogen) atoms. The molecule has 0 spiro atoms. The fourth-order valence-corrected chi connectivity index (χ4v) is 0.332. The van der Waals surface area contributed by atoms with Crippen LogP contribution >= 0.6 is 24.4 Å². The summed E-state index contributed by atoms with van der Waals surface area (Å²) < 4.78 is 0. The molecule has 0 aliphatic carbocycles. The van der Waals surface area contributed by atoms with Crippen LogP contribution in [-0.4, -0.2) is 11.0 Å². The lowest BCUT2D eigenvalue weighted by atomic mass is 10.9. The third kappa shape index (κ3) is 5.52. The van der Waals surface area contributed by atoms with Gasteiger partial charge in [-0.1, -0.05) is 24.4 Å². The van der Waals surface area contributed by atoms with Crippen LogP contribution in [0, 0.1) is 0 Å². The number of thiocarbonyl (C=S) groups is 2. The Labute approximate surface area is 59.0 Å². The maximum absolute atomic E-state index is 4.45. The van der Waals surface area contributed by atoms with E-state index >= 15 is 0 Å². The molecule has 2 nitrogen and oxygen atoms in total. The molecule has 0 unspecified atom stereocenters. The summed E-state index contributed by atoms with van der Waals surface area (Å²) in [5.41, 5.74) is 2.81. The zero-order valence-electron chi connectivity index (χ0n) is 4.13. The van der Waals surface area contributed by atoms with Crippen molar-refractivity contribution in [2.75, 3.05) is 0 Å². The summed E-state index contributed by atoms with van der Waals surface area (Å²) in [6, 6.07) is 0. The van der Waals surface area contributed by atoms with Crippen LogP contribution in [0.15, 0.2) is 12.4 Å². The van der Waals surface area contributed by atoms with E-state index in [1.807, 2.05) is 0 Å². The topological polar surface area (TPSA) is 24.1 Å². The summed E-state index contributed by atoms with van der Waals surface area (Å²) in [5.74, 6) is 0. The number of rotatable bonds is 4. The molecular formula is C4H6N2S2. The van der Waals surface area contributed by atoms with Gasteiger partial charge in [0.1, 0.15) is 0 Å². The molecule has 0 fully saturated rings. The molecule has 2 N–H and O–H groups in total. The first-order valence-electron chi connectivity index (χ1n) is 1.96. The molecule has 44 valence electrons. The van der Waals surface area contributed by atoms with Gasteiger partial charge >= 0.3 is 0 Å². The molecule has 4 heteroatoms. The van der Waals surface area contributed by atoms with E-state index in [2.05, 4.69) is 35.1 Å². The molecule has 0 rings (SSSR count). The largest absolute Gasteiger partial charge is 0.357 e. The summed E-state index contributed by atoms with van der Waals surface area (Å²) >= 11 is 8.90. The van der Waals surface area contributed by atoms with Crippen LogP contribution in [0.3, 0.4) is 0 Å². The summed E-state index contributed by atoms with van der Waals surface area (Å²) in [6.45, 7) is 0. The Balaban J connectivity index is 3.06. The molecule has 0 aliphatic heterocycles. The standard InChI is InChI=1S/C4H6N2S2/c7-3-5-1-2-6-4-8/h1-4H,(H,5,7)(H,6,8). The Morgan fingerprint density at radius 3 is 1.50 bits per heavy atom. The second-order valence-electron chi connectivity index (χ2n) is 0.902. The predicted octanol–water partition coefficient (Wildman–Crippen LogP) is 0.551. The van der Waals surface area contributed by atoms with Crippen molar-refractivity contribution in [2.24, 2.45) is 0 Å². The lowest BCUT2D eigenvalue weighted by Gasteiger charge is -1.84. The van der Waals surface area contributed by atoms with Gasteiger partial charge in [-0.2, -0.15) is 0 Å². The molecule has 0 radical (unpaired) electrons. The van der Waals surface area contributed by atoms with E-state index in [-0.39, 0.29) is 0 Å². The predicted molar refractivity (Wildman–Crippen MR) is 42.7 cm³/mol. The Morgan fingerprint density at radius 2 is 1.25 bits per heavy atom. The summed E-state index contributed by atoms with van der Waals surface area (Å²) in [5, 5.41) is 5.33. The van der Waals surface area contributed by atoms with Crippen LogP contribution in [0.25, 0.3) is 0 Å². The van der Waals surface area contributed by atoms with Gasteiger partial charge in [-0.25, -0.2) is 0 Å². The normalized spacial score (nSPS) is 8.50. The number of nitrogens with one attached hydrogen (secondary N) is 2. The van der Waals surface area contributed by atoms with E-state index in [1.54, 1.807) is 12.4 Å². The molecule has 0 heterocycles.